The number of benzene rings is 2. The highest BCUT2D eigenvalue weighted by Gasteiger charge is 2.14. The minimum atomic E-state index is -0.455. The van der Waals surface area contributed by atoms with Crippen molar-refractivity contribution in [3.05, 3.63) is 63.2 Å². The number of halogens is 1. The van der Waals surface area contributed by atoms with Crippen molar-refractivity contribution in [1.29, 1.82) is 0 Å². The van der Waals surface area contributed by atoms with Gasteiger partial charge in [0, 0.05) is 11.1 Å². The quantitative estimate of drug-likeness (QED) is 0.655. The van der Waals surface area contributed by atoms with Gasteiger partial charge < -0.3 is 10.1 Å². The van der Waals surface area contributed by atoms with E-state index in [0.717, 1.165) is 5.56 Å². The molecule has 6 heteroatoms. The van der Waals surface area contributed by atoms with Gasteiger partial charge in [0.25, 0.3) is 5.69 Å². The highest BCUT2D eigenvalue weighted by atomic mass is 35.5. The van der Waals surface area contributed by atoms with Gasteiger partial charge in [-0.3, -0.25) is 10.1 Å². The molecular weight excluding hydrogens is 292 g/mol. The first-order valence-electron chi connectivity index (χ1n) is 6.36. The highest BCUT2D eigenvalue weighted by Crippen LogP contribution is 2.33. The number of nitro benzene ring substituents is 1. The molecule has 0 aliphatic carbocycles. The fourth-order valence-electron chi connectivity index (χ4n) is 2.05. The van der Waals surface area contributed by atoms with Crippen LogP contribution in [0.2, 0.25) is 5.02 Å². The van der Waals surface area contributed by atoms with Crippen molar-refractivity contribution < 1.29 is 9.66 Å². The number of ether oxygens (including phenoxy) is 1. The molecule has 0 fully saturated rings. The second-order valence-electron chi connectivity index (χ2n) is 4.53. The van der Waals surface area contributed by atoms with Crippen LogP contribution >= 0.6 is 11.6 Å². The normalized spacial score (nSPS) is 11.8. The molecule has 0 aliphatic rings. The van der Waals surface area contributed by atoms with Crippen LogP contribution in [0, 0.1) is 10.1 Å². The SMILES string of the molecule is COc1cc([N+](=O)[O-])ccc1NC(C)c1ccccc1Cl. The Kier molecular flexibility index (Phi) is 4.65. The predicted molar refractivity (Wildman–Crippen MR) is 83.1 cm³/mol. The van der Waals surface area contributed by atoms with Gasteiger partial charge in [-0.15, -0.1) is 0 Å². The zero-order chi connectivity index (χ0) is 15.4. The predicted octanol–water partition coefficient (Wildman–Crippen LogP) is 4.43. The van der Waals surface area contributed by atoms with Crippen molar-refractivity contribution in [2.45, 2.75) is 13.0 Å². The topological polar surface area (TPSA) is 64.4 Å². The lowest BCUT2D eigenvalue weighted by atomic mass is 10.1. The first-order valence-corrected chi connectivity index (χ1v) is 6.74. The number of non-ortho nitro benzene ring substituents is 1. The Morgan fingerprint density at radius 1 is 1.29 bits per heavy atom. The summed E-state index contributed by atoms with van der Waals surface area (Å²) in [4.78, 5) is 10.3. The molecule has 0 saturated heterocycles. The summed E-state index contributed by atoms with van der Waals surface area (Å²) in [5, 5.41) is 14.7. The molecule has 1 N–H and O–H groups in total. The van der Waals surface area contributed by atoms with Gasteiger partial charge in [-0.1, -0.05) is 29.8 Å². The molecule has 1 unspecified atom stereocenters. The number of nitrogens with zero attached hydrogens (tertiary/aromatic N) is 1. The Bertz CT molecular complexity index is 661. The van der Waals surface area contributed by atoms with Gasteiger partial charge in [-0.05, 0) is 24.6 Å². The summed E-state index contributed by atoms with van der Waals surface area (Å²) >= 11 is 6.17. The zero-order valence-corrected chi connectivity index (χ0v) is 12.4. The van der Waals surface area contributed by atoms with E-state index in [1.165, 1.54) is 19.2 Å². The molecule has 0 aliphatic heterocycles. The third kappa shape index (κ3) is 3.44. The molecule has 2 rings (SSSR count). The summed E-state index contributed by atoms with van der Waals surface area (Å²) in [5.74, 6) is 0.420. The van der Waals surface area contributed by atoms with Crippen LogP contribution in [0.25, 0.3) is 0 Å². The molecule has 5 nitrogen and oxygen atoms in total. The molecule has 0 radical (unpaired) electrons. The summed E-state index contributed by atoms with van der Waals surface area (Å²) in [6.07, 6.45) is 0. The number of anilines is 1. The molecule has 2 aromatic rings. The minimum absolute atomic E-state index is 0.0113. The largest absolute Gasteiger partial charge is 0.494 e. The van der Waals surface area contributed by atoms with E-state index >= 15 is 0 Å². The van der Waals surface area contributed by atoms with Crippen LogP contribution in [0.5, 0.6) is 5.75 Å². The number of rotatable bonds is 5. The molecule has 0 amide bonds. The standard InChI is InChI=1S/C15H15ClN2O3/c1-10(12-5-3-4-6-13(12)16)17-14-8-7-11(18(19)20)9-15(14)21-2/h3-10,17H,1-2H3. The van der Waals surface area contributed by atoms with Gasteiger partial charge in [-0.2, -0.15) is 0 Å². The van der Waals surface area contributed by atoms with E-state index < -0.39 is 4.92 Å². The smallest absolute Gasteiger partial charge is 0.273 e. The summed E-state index contributed by atoms with van der Waals surface area (Å²) in [6.45, 7) is 1.96. The molecular formula is C15H15ClN2O3. The van der Waals surface area contributed by atoms with Crippen molar-refractivity contribution in [1.82, 2.24) is 0 Å². The van der Waals surface area contributed by atoms with Gasteiger partial charge >= 0.3 is 0 Å². The summed E-state index contributed by atoms with van der Waals surface area (Å²) < 4.78 is 5.20. The van der Waals surface area contributed by atoms with E-state index in [2.05, 4.69) is 5.32 Å². The maximum atomic E-state index is 10.8. The zero-order valence-electron chi connectivity index (χ0n) is 11.7. The Hall–Kier alpha value is -2.27. The van der Waals surface area contributed by atoms with Crippen molar-refractivity contribution in [2.75, 3.05) is 12.4 Å². The minimum Gasteiger partial charge on any atom is -0.494 e. The average Bonchev–Trinajstić information content (AvgIpc) is 2.47. The average molecular weight is 307 g/mol. The van der Waals surface area contributed by atoms with Crippen LogP contribution in [0.1, 0.15) is 18.5 Å². The number of methoxy groups -OCH3 is 1. The molecule has 0 spiro atoms. The number of nitrogens with one attached hydrogen (secondary N) is 1. The molecule has 0 saturated carbocycles. The van der Waals surface area contributed by atoms with E-state index in [0.29, 0.717) is 16.5 Å². The van der Waals surface area contributed by atoms with Crippen LogP contribution in [-0.4, -0.2) is 12.0 Å². The molecule has 110 valence electrons. The third-order valence-corrected chi connectivity index (χ3v) is 3.48. The first kappa shape index (κ1) is 15.1. The Labute approximate surface area is 127 Å². The van der Waals surface area contributed by atoms with E-state index in [1.54, 1.807) is 6.07 Å². The second-order valence-corrected chi connectivity index (χ2v) is 4.94. The maximum absolute atomic E-state index is 10.8. The van der Waals surface area contributed by atoms with Gasteiger partial charge in [0.2, 0.25) is 0 Å². The molecule has 21 heavy (non-hydrogen) atoms. The molecule has 1 atom stereocenters. The fourth-order valence-corrected chi connectivity index (χ4v) is 2.35. The van der Waals surface area contributed by atoms with Crippen molar-refractivity contribution in [3.63, 3.8) is 0 Å². The van der Waals surface area contributed by atoms with E-state index in [1.807, 2.05) is 31.2 Å². The lowest BCUT2D eigenvalue weighted by molar-refractivity contribution is -0.384. The van der Waals surface area contributed by atoms with Gasteiger partial charge in [0.15, 0.2) is 0 Å². The maximum Gasteiger partial charge on any atom is 0.273 e. The first-order chi connectivity index (χ1) is 10.0. The summed E-state index contributed by atoms with van der Waals surface area (Å²) in [7, 11) is 1.48. The van der Waals surface area contributed by atoms with E-state index in [-0.39, 0.29) is 11.7 Å². The Morgan fingerprint density at radius 2 is 2.00 bits per heavy atom. The number of nitro groups is 1. The van der Waals surface area contributed by atoms with E-state index in [4.69, 9.17) is 16.3 Å². The number of hydrogen-bond acceptors (Lipinski definition) is 4. The second kappa shape index (κ2) is 6.45. The van der Waals surface area contributed by atoms with Crippen molar-refractivity contribution >= 4 is 23.0 Å². The molecule has 2 aromatic carbocycles. The highest BCUT2D eigenvalue weighted by molar-refractivity contribution is 6.31. The summed E-state index contributed by atoms with van der Waals surface area (Å²) in [5.41, 5.74) is 1.61. The van der Waals surface area contributed by atoms with Crippen molar-refractivity contribution in [3.8, 4) is 5.75 Å². The van der Waals surface area contributed by atoms with E-state index in [9.17, 15) is 10.1 Å². The number of hydrogen-bond donors (Lipinski definition) is 1. The van der Waals surface area contributed by atoms with Crippen LogP contribution in [0.15, 0.2) is 42.5 Å². The lowest BCUT2D eigenvalue weighted by Gasteiger charge is -2.18. The lowest BCUT2D eigenvalue weighted by Crippen LogP contribution is -2.08. The van der Waals surface area contributed by atoms with Gasteiger partial charge in [0.1, 0.15) is 5.75 Å². The van der Waals surface area contributed by atoms with Crippen LogP contribution in [0.3, 0.4) is 0 Å². The van der Waals surface area contributed by atoms with Gasteiger partial charge in [-0.25, -0.2) is 0 Å². The molecule has 0 heterocycles. The molecule has 0 bridgehead atoms. The van der Waals surface area contributed by atoms with Crippen molar-refractivity contribution in [2.24, 2.45) is 0 Å². The Morgan fingerprint density at radius 3 is 2.62 bits per heavy atom. The summed E-state index contributed by atoms with van der Waals surface area (Å²) in [6, 6.07) is 11.9. The van der Waals surface area contributed by atoms with Gasteiger partial charge in [0.05, 0.1) is 29.8 Å². The monoisotopic (exact) mass is 306 g/mol. The third-order valence-electron chi connectivity index (χ3n) is 3.14. The molecule has 0 aromatic heterocycles. The van der Waals surface area contributed by atoms with Crippen LogP contribution in [-0.2, 0) is 0 Å². The Balaban J connectivity index is 2.27. The van der Waals surface area contributed by atoms with Crippen LogP contribution in [0.4, 0.5) is 11.4 Å². The fraction of sp³-hybridized carbons (Fsp3) is 0.200. The van der Waals surface area contributed by atoms with Crippen LogP contribution < -0.4 is 10.1 Å².